The van der Waals surface area contributed by atoms with Crippen molar-refractivity contribution in [3.63, 3.8) is 0 Å². The number of quaternary nitrogens is 1. The van der Waals surface area contributed by atoms with Crippen molar-refractivity contribution in [3.05, 3.63) is 30.1 Å². The first-order valence-corrected chi connectivity index (χ1v) is 6.44. The third-order valence-electron chi connectivity index (χ3n) is 1.41. The zero-order valence-electron chi connectivity index (χ0n) is 6.63. The molecule has 1 aromatic carbocycles. The Hall–Kier alpha value is -0.571. The molecule has 0 bridgehead atoms. The van der Waals surface area contributed by atoms with E-state index in [1.165, 1.54) is 12.1 Å². The Balaban J connectivity index is 2.75. The molecule has 0 aliphatic heterocycles. The average molecular weight is 235 g/mol. The molecule has 4 heteroatoms. The molecule has 0 saturated heterocycles. The summed E-state index contributed by atoms with van der Waals surface area (Å²) >= 11 is -1.93. The van der Waals surface area contributed by atoms with E-state index >= 15 is 0 Å². The summed E-state index contributed by atoms with van der Waals surface area (Å²) in [5.74, 6) is -0.285. The number of rotatable bonds is 3. The summed E-state index contributed by atoms with van der Waals surface area (Å²) < 4.78 is 24.6. The van der Waals surface area contributed by atoms with Gasteiger partial charge in [-0.3, -0.25) is 0 Å². The summed E-state index contributed by atoms with van der Waals surface area (Å²) in [6, 6.07) is 5.85. The normalized spacial score (nSPS) is 12.8. The molecule has 12 heavy (non-hydrogen) atoms. The van der Waals surface area contributed by atoms with Gasteiger partial charge in [-0.2, -0.15) is 0 Å². The van der Waals surface area contributed by atoms with Crippen LogP contribution in [-0.2, 0) is 3.83 Å². The van der Waals surface area contributed by atoms with Crippen molar-refractivity contribution in [3.8, 4) is 0 Å². The van der Waals surface area contributed by atoms with Crippen LogP contribution in [0, 0.1) is 5.82 Å². The Bertz CT molecular complexity index is 273. The van der Waals surface area contributed by atoms with Gasteiger partial charge in [-0.1, -0.05) is 0 Å². The van der Waals surface area contributed by atoms with Crippen molar-refractivity contribution >= 4 is 18.3 Å². The third kappa shape index (κ3) is 2.48. The minimum absolute atomic E-state index is 0.285. The number of benzene rings is 1. The van der Waals surface area contributed by atoms with Gasteiger partial charge in [0.2, 0.25) is 0 Å². The molecule has 3 N–H and O–H groups in total. The molecule has 0 aromatic heterocycles. The van der Waals surface area contributed by atoms with Crippen molar-refractivity contribution in [1.29, 1.82) is 0 Å². The standard InChI is InChI=1S/C8H10FNOSe/c9-7-1-3-8(4-2-7)12(11)6-5-10/h1-4H,5-6,10H2/p+1. The van der Waals surface area contributed by atoms with Crippen LogP contribution in [0.25, 0.3) is 0 Å². The van der Waals surface area contributed by atoms with Crippen LogP contribution in [0.3, 0.4) is 0 Å². The summed E-state index contributed by atoms with van der Waals surface area (Å²) in [5.41, 5.74) is 3.63. The second kappa shape index (κ2) is 4.45. The first-order chi connectivity index (χ1) is 5.74. The van der Waals surface area contributed by atoms with Gasteiger partial charge in [-0.25, -0.2) is 0 Å². The average Bonchev–Trinajstić information content (AvgIpc) is 2.06. The molecule has 1 unspecified atom stereocenters. The Labute approximate surface area is 74.7 Å². The van der Waals surface area contributed by atoms with Gasteiger partial charge < -0.3 is 0 Å². The molecule has 66 valence electrons. The third-order valence-corrected chi connectivity index (χ3v) is 4.46. The van der Waals surface area contributed by atoms with Gasteiger partial charge >= 0.3 is 74.2 Å². The van der Waals surface area contributed by atoms with Crippen LogP contribution in [0.5, 0.6) is 0 Å². The molecule has 1 atom stereocenters. The van der Waals surface area contributed by atoms with Crippen LogP contribution >= 0.6 is 0 Å². The maximum absolute atomic E-state index is 12.4. The van der Waals surface area contributed by atoms with Gasteiger partial charge in [-0.05, 0) is 0 Å². The molecule has 2 nitrogen and oxygen atoms in total. The predicted octanol–water partition coefficient (Wildman–Crippen LogP) is -0.303. The van der Waals surface area contributed by atoms with Crippen molar-refractivity contribution in [1.82, 2.24) is 0 Å². The van der Waals surface area contributed by atoms with E-state index in [4.69, 9.17) is 0 Å². The monoisotopic (exact) mass is 236 g/mol. The summed E-state index contributed by atoms with van der Waals surface area (Å²) in [5, 5.41) is 0.631. The first kappa shape index (κ1) is 9.52. The van der Waals surface area contributed by atoms with E-state index in [9.17, 15) is 8.23 Å². The van der Waals surface area contributed by atoms with Crippen molar-refractivity contribution in [2.24, 2.45) is 0 Å². The van der Waals surface area contributed by atoms with Gasteiger partial charge in [0.25, 0.3) is 0 Å². The second-order valence-corrected chi connectivity index (χ2v) is 5.65. The van der Waals surface area contributed by atoms with E-state index in [1.54, 1.807) is 12.1 Å². The van der Waals surface area contributed by atoms with Crippen LogP contribution in [0.2, 0.25) is 5.32 Å². The molecular formula is C8H11FNOSe+. The van der Waals surface area contributed by atoms with Crippen LogP contribution in [-0.4, -0.2) is 20.4 Å². The SMILES string of the molecule is [NH3+]CC[Se](=O)c1ccc(F)cc1. The fraction of sp³-hybridized carbons (Fsp3) is 0.250. The van der Waals surface area contributed by atoms with Crippen molar-refractivity contribution < 1.29 is 14.0 Å². The summed E-state index contributed by atoms with van der Waals surface area (Å²) in [6.45, 7) is 0.672. The Morgan fingerprint density at radius 3 is 2.42 bits per heavy atom. The molecule has 0 fully saturated rings. The second-order valence-electron chi connectivity index (χ2n) is 2.36. The zero-order chi connectivity index (χ0) is 8.97. The quantitative estimate of drug-likeness (QED) is 0.718. The van der Waals surface area contributed by atoms with Crippen LogP contribution in [0.15, 0.2) is 24.3 Å². The summed E-state index contributed by atoms with van der Waals surface area (Å²) in [4.78, 5) is 0. The fourth-order valence-electron chi connectivity index (χ4n) is 0.835. The van der Waals surface area contributed by atoms with E-state index < -0.39 is 13.8 Å². The first-order valence-electron chi connectivity index (χ1n) is 3.67. The summed E-state index contributed by atoms with van der Waals surface area (Å²) in [7, 11) is 0. The molecule has 0 radical (unpaired) electrons. The van der Waals surface area contributed by atoms with E-state index in [1.807, 2.05) is 0 Å². The number of hydrogen-bond donors (Lipinski definition) is 1. The molecule has 1 rings (SSSR count). The van der Waals surface area contributed by atoms with E-state index in [2.05, 4.69) is 5.73 Å². The van der Waals surface area contributed by atoms with Crippen LogP contribution in [0.1, 0.15) is 0 Å². The van der Waals surface area contributed by atoms with E-state index in [0.717, 1.165) is 4.46 Å². The molecule has 0 aliphatic rings. The van der Waals surface area contributed by atoms with Crippen LogP contribution < -0.4 is 10.2 Å². The van der Waals surface area contributed by atoms with Gasteiger partial charge in [0, 0.05) is 0 Å². The minimum atomic E-state index is -1.93. The predicted molar refractivity (Wildman–Crippen MR) is 45.0 cm³/mol. The van der Waals surface area contributed by atoms with E-state index in [0.29, 0.717) is 11.9 Å². The van der Waals surface area contributed by atoms with Crippen LogP contribution in [0.4, 0.5) is 4.39 Å². The van der Waals surface area contributed by atoms with Gasteiger partial charge in [0.05, 0.1) is 0 Å². The summed E-state index contributed by atoms with van der Waals surface area (Å²) in [6.07, 6.45) is 0. The molecule has 0 heterocycles. The molecule has 0 saturated carbocycles. The molecule has 0 amide bonds. The fourth-order valence-corrected chi connectivity index (χ4v) is 2.80. The number of halogens is 1. The van der Waals surface area contributed by atoms with Crippen molar-refractivity contribution in [2.45, 2.75) is 5.32 Å². The van der Waals surface area contributed by atoms with Gasteiger partial charge in [0.1, 0.15) is 0 Å². The van der Waals surface area contributed by atoms with Crippen molar-refractivity contribution in [2.75, 3.05) is 6.54 Å². The Morgan fingerprint density at radius 2 is 1.92 bits per heavy atom. The Morgan fingerprint density at radius 1 is 1.33 bits per heavy atom. The maximum atomic E-state index is 12.4. The molecule has 1 aromatic rings. The Kier molecular flexibility index (Phi) is 3.53. The molecule has 0 aliphatic carbocycles. The topological polar surface area (TPSA) is 44.7 Å². The molecule has 0 spiro atoms. The van der Waals surface area contributed by atoms with Gasteiger partial charge in [0.15, 0.2) is 0 Å². The van der Waals surface area contributed by atoms with Gasteiger partial charge in [-0.15, -0.1) is 0 Å². The number of hydrogen-bond acceptors (Lipinski definition) is 1. The molecular weight excluding hydrogens is 224 g/mol. The van der Waals surface area contributed by atoms with E-state index in [-0.39, 0.29) is 5.82 Å². The zero-order valence-corrected chi connectivity index (χ0v) is 8.34.